The number of carbonyl (C=O) groups excluding carboxylic acids is 1. The van der Waals surface area contributed by atoms with Gasteiger partial charge in [-0.05, 0) is 41.6 Å². The first kappa shape index (κ1) is 17.8. The molecule has 0 atom stereocenters. The van der Waals surface area contributed by atoms with Crippen LogP contribution in [0.3, 0.4) is 0 Å². The Morgan fingerprint density at radius 3 is 2.57 bits per heavy atom. The number of tetrazole rings is 1. The minimum absolute atomic E-state index is 0.141. The molecule has 0 spiro atoms. The summed E-state index contributed by atoms with van der Waals surface area (Å²) in [5, 5.41) is 20.3. The minimum atomic E-state index is -0.556. The Kier molecular flexibility index (Phi) is 5.07. The summed E-state index contributed by atoms with van der Waals surface area (Å²) in [6.45, 7) is -0.336. The van der Waals surface area contributed by atoms with E-state index in [2.05, 4.69) is 25.6 Å². The second kappa shape index (κ2) is 7.97. The third kappa shape index (κ3) is 4.21. The van der Waals surface area contributed by atoms with E-state index in [1.54, 1.807) is 24.3 Å². The van der Waals surface area contributed by atoms with Gasteiger partial charge in [-0.2, -0.15) is 4.80 Å². The summed E-state index contributed by atoms with van der Waals surface area (Å²) in [7, 11) is 0. The van der Waals surface area contributed by atoms with Crippen LogP contribution in [0.2, 0.25) is 5.02 Å². The van der Waals surface area contributed by atoms with Gasteiger partial charge in [0, 0.05) is 16.1 Å². The number of benzene rings is 2. The summed E-state index contributed by atoms with van der Waals surface area (Å²) in [6.07, 6.45) is 0. The van der Waals surface area contributed by atoms with Crippen LogP contribution in [-0.2, 0) is 22.7 Å². The molecule has 140 valence electrons. The number of ether oxygens (including phenoxy) is 1. The van der Waals surface area contributed by atoms with E-state index in [4.69, 9.17) is 20.8 Å². The lowest BCUT2D eigenvalue weighted by atomic mass is 10.2. The smallest absolute Gasteiger partial charge is 0.330 e. The highest BCUT2D eigenvalue weighted by atomic mass is 35.5. The minimum Gasteiger partial charge on any atom is -0.454 e. The van der Waals surface area contributed by atoms with E-state index in [1.165, 1.54) is 0 Å². The third-order valence-electron chi connectivity index (χ3n) is 3.67. The van der Waals surface area contributed by atoms with Crippen molar-refractivity contribution in [3.63, 3.8) is 0 Å². The Hall–Kier alpha value is -3.59. The maximum Gasteiger partial charge on any atom is 0.330 e. The summed E-state index contributed by atoms with van der Waals surface area (Å²) in [6, 6.07) is 16.3. The van der Waals surface area contributed by atoms with Gasteiger partial charge in [0.2, 0.25) is 11.7 Å². The number of aromatic nitrogens is 6. The van der Waals surface area contributed by atoms with Crippen LogP contribution in [0.4, 0.5) is 0 Å². The van der Waals surface area contributed by atoms with Crippen molar-refractivity contribution in [3.05, 3.63) is 65.5 Å². The summed E-state index contributed by atoms with van der Waals surface area (Å²) in [5.41, 5.74) is 1.53. The maximum absolute atomic E-state index is 12.0. The predicted octanol–water partition coefficient (Wildman–Crippen LogP) is 2.79. The lowest BCUT2D eigenvalue weighted by Gasteiger charge is -2.00. The molecule has 0 fully saturated rings. The van der Waals surface area contributed by atoms with Gasteiger partial charge in [0.1, 0.15) is 0 Å². The number of nitrogens with zero attached hydrogens (tertiary/aromatic N) is 6. The van der Waals surface area contributed by atoms with E-state index in [0.717, 1.165) is 15.9 Å². The van der Waals surface area contributed by atoms with Crippen LogP contribution in [0, 0.1) is 0 Å². The molecule has 0 aliphatic heterocycles. The number of esters is 1. The van der Waals surface area contributed by atoms with Gasteiger partial charge >= 0.3 is 5.97 Å². The highest BCUT2D eigenvalue weighted by Gasteiger charge is 2.13. The molecule has 2 aromatic heterocycles. The Morgan fingerprint density at radius 2 is 1.79 bits per heavy atom. The standard InChI is InChI=1S/C18H13ClN6O3/c19-14-8-6-12(7-9-14)17-21-24-25(23-17)10-16(26)27-11-15-20-22-18(28-15)13-4-2-1-3-5-13/h1-9H,10-11H2. The summed E-state index contributed by atoms with van der Waals surface area (Å²) in [4.78, 5) is 13.1. The molecule has 9 nitrogen and oxygen atoms in total. The van der Waals surface area contributed by atoms with Crippen molar-refractivity contribution >= 4 is 17.6 Å². The fourth-order valence-corrected chi connectivity index (χ4v) is 2.46. The summed E-state index contributed by atoms with van der Waals surface area (Å²) in [5.74, 6) is 0.381. The highest BCUT2D eigenvalue weighted by molar-refractivity contribution is 6.30. The molecule has 4 aromatic rings. The van der Waals surface area contributed by atoms with Gasteiger partial charge in [0.05, 0.1) is 0 Å². The predicted molar refractivity (Wildman–Crippen MR) is 97.8 cm³/mol. The largest absolute Gasteiger partial charge is 0.454 e. The quantitative estimate of drug-likeness (QED) is 0.457. The molecule has 0 radical (unpaired) electrons. The molecule has 28 heavy (non-hydrogen) atoms. The zero-order chi connectivity index (χ0) is 19.3. The molecule has 10 heteroatoms. The Balaban J connectivity index is 1.33. The van der Waals surface area contributed by atoms with Crippen LogP contribution < -0.4 is 0 Å². The lowest BCUT2D eigenvalue weighted by Crippen LogP contribution is -2.15. The van der Waals surface area contributed by atoms with Crippen LogP contribution in [0.5, 0.6) is 0 Å². The number of halogens is 1. The molecule has 2 heterocycles. The van der Waals surface area contributed by atoms with E-state index in [1.807, 2.05) is 30.3 Å². The first-order valence-electron chi connectivity index (χ1n) is 8.24. The number of hydrogen-bond acceptors (Lipinski definition) is 8. The molecule has 4 rings (SSSR count). The Bertz CT molecular complexity index is 1080. The molecule has 0 aliphatic rings. The van der Waals surface area contributed by atoms with Crippen molar-refractivity contribution in [2.45, 2.75) is 13.2 Å². The fraction of sp³-hybridized carbons (Fsp3) is 0.111. The van der Waals surface area contributed by atoms with E-state index < -0.39 is 5.97 Å². The molecular formula is C18H13ClN6O3. The molecular weight excluding hydrogens is 384 g/mol. The van der Waals surface area contributed by atoms with Crippen molar-refractivity contribution in [1.29, 1.82) is 0 Å². The number of carbonyl (C=O) groups is 1. The summed E-state index contributed by atoms with van der Waals surface area (Å²) < 4.78 is 10.6. The van der Waals surface area contributed by atoms with Crippen molar-refractivity contribution in [3.8, 4) is 22.8 Å². The summed E-state index contributed by atoms with van der Waals surface area (Å²) >= 11 is 5.85. The third-order valence-corrected chi connectivity index (χ3v) is 3.92. The highest BCUT2D eigenvalue weighted by Crippen LogP contribution is 2.18. The van der Waals surface area contributed by atoms with Crippen LogP contribution in [0.25, 0.3) is 22.8 Å². The first-order valence-corrected chi connectivity index (χ1v) is 8.62. The molecule has 0 amide bonds. The monoisotopic (exact) mass is 396 g/mol. The van der Waals surface area contributed by atoms with Crippen LogP contribution in [-0.4, -0.2) is 36.4 Å². The van der Waals surface area contributed by atoms with Crippen molar-refractivity contribution < 1.29 is 13.9 Å². The van der Waals surface area contributed by atoms with E-state index in [-0.39, 0.29) is 19.0 Å². The van der Waals surface area contributed by atoms with Gasteiger partial charge in [-0.15, -0.1) is 20.4 Å². The van der Waals surface area contributed by atoms with Gasteiger partial charge < -0.3 is 9.15 Å². The molecule has 0 N–H and O–H groups in total. The van der Waals surface area contributed by atoms with Crippen molar-refractivity contribution in [2.75, 3.05) is 0 Å². The lowest BCUT2D eigenvalue weighted by molar-refractivity contribution is -0.146. The second-order valence-corrected chi connectivity index (χ2v) is 6.11. The zero-order valence-corrected chi connectivity index (χ0v) is 15.2. The molecule has 0 aliphatic carbocycles. The van der Waals surface area contributed by atoms with E-state index in [9.17, 15) is 4.79 Å². The molecule has 0 saturated carbocycles. The molecule has 2 aromatic carbocycles. The fourth-order valence-electron chi connectivity index (χ4n) is 2.34. The van der Waals surface area contributed by atoms with Crippen LogP contribution in [0.1, 0.15) is 5.89 Å². The topological polar surface area (TPSA) is 109 Å². The number of rotatable bonds is 6. The van der Waals surface area contributed by atoms with Gasteiger partial charge in [0.15, 0.2) is 13.2 Å². The maximum atomic E-state index is 12.0. The van der Waals surface area contributed by atoms with Crippen LogP contribution in [0.15, 0.2) is 59.0 Å². The van der Waals surface area contributed by atoms with E-state index >= 15 is 0 Å². The Labute approximate surface area is 163 Å². The Morgan fingerprint density at radius 1 is 1.00 bits per heavy atom. The molecule has 0 unspecified atom stereocenters. The van der Waals surface area contributed by atoms with Crippen molar-refractivity contribution in [2.24, 2.45) is 0 Å². The first-order chi connectivity index (χ1) is 13.7. The molecule has 0 saturated heterocycles. The van der Waals surface area contributed by atoms with Gasteiger partial charge in [-0.1, -0.05) is 29.8 Å². The zero-order valence-electron chi connectivity index (χ0n) is 14.4. The van der Waals surface area contributed by atoms with Gasteiger partial charge in [-0.25, -0.2) is 4.79 Å². The normalized spacial score (nSPS) is 10.8. The number of hydrogen-bond donors (Lipinski definition) is 0. The van der Waals surface area contributed by atoms with Gasteiger partial charge in [-0.3, -0.25) is 0 Å². The average Bonchev–Trinajstić information content (AvgIpc) is 3.37. The second-order valence-electron chi connectivity index (χ2n) is 5.68. The average molecular weight is 397 g/mol. The SMILES string of the molecule is O=C(Cn1nnc(-c2ccc(Cl)cc2)n1)OCc1nnc(-c2ccccc2)o1. The van der Waals surface area contributed by atoms with Gasteiger partial charge in [0.25, 0.3) is 5.89 Å². The van der Waals surface area contributed by atoms with Crippen LogP contribution >= 0.6 is 11.6 Å². The molecule has 0 bridgehead atoms. The van der Waals surface area contributed by atoms with Crippen molar-refractivity contribution in [1.82, 2.24) is 30.4 Å². The van der Waals surface area contributed by atoms with E-state index in [0.29, 0.717) is 16.7 Å².